The molecule has 0 amide bonds. The molecule has 0 aromatic carbocycles. The number of fused-ring (bicyclic) bond motifs is 1. The van der Waals surface area contributed by atoms with Crippen LogP contribution >= 0.6 is 0 Å². The molecule has 5 rings (SSSR count). The van der Waals surface area contributed by atoms with Gasteiger partial charge in [0.05, 0.1) is 22.2 Å². The average molecular weight is 374 g/mol. The number of nitrogens with two attached hydrogens (primary N) is 1. The van der Waals surface area contributed by atoms with E-state index in [1.54, 1.807) is 6.20 Å². The maximum atomic E-state index is 6.26. The summed E-state index contributed by atoms with van der Waals surface area (Å²) in [6, 6.07) is 6.18. The predicted octanol–water partition coefficient (Wildman–Crippen LogP) is 4.50. The maximum Gasteiger partial charge on any atom is 0.149 e. The zero-order valence-corrected chi connectivity index (χ0v) is 16.2. The fourth-order valence-electron chi connectivity index (χ4n) is 3.62. The fourth-order valence-corrected chi connectivity index (χ4v) is 3.62. The van der Waals surface area contributed by atoms with E-state index in [0.29, 0.717) is 23.1 Å². The van der Waals surface area contributed by atoms with Crippen LogP contribution in [-0.2, 0) is 0 Å². The van der Waals surface area contributed by atoms with Crippen LogP contribution in [0.15, 0.2) is 35.1 Å². The second-order valence-electron chi connectivity index (χ2n) is 7.74. The van der Waals surface area contributed by atoms with E-state index in [1.165, 1.54) is 0 Å². The van der Waals surface area contributed by atoms with Crippen LogP contribution in [0.5, 0.6) is 0 Å². The highest BCUT2D eigenvalue weighted by Crippen LogP contribution is 2.48. The van der Waals surface area contributed by atoms with Crippen molar-refractivity contribution in [2.45, 2.75) is 45.6 Å². The molecule has 0 atom stereocenters. The molecular weight excluding hydrogens is 352 g/mol. The minimum Gasteiger partial charge on any atom is -0.383 e. The van der Waals surface area contributed by atoms with Gasteiger partial charge in [-0.05, 0) is 51.3 Å². The lowest BCUT2D eigenvalue weighted by molar-refractivity contribution is 0.386. The molecule has 0 aliphatic heterocycles. The molecular formula is C21H22N6O. The van der Waals surface area contributed by atoms with Crippen molar-refractivity contribution in [1.29, 1.82) is 0 Å². The topological polar surface area (TPSA) is 95.7 Å². The molecule has 28 heavy (non-hydrogen) atoms. The smallest absolute Gasteiger partial charge is 0.149 e. The van der Waals surface area contributed by atoms with Crippen LogP contribution < -0.4 is 5.73 Å². The van der Waals surface area contributed by atoms with Crippen molar-refractivity contribution in [2.75, 3.05) is 5.73 Å². The minimum atomic E-state index is 0.175. The van der Waals surface area contributed by atoms with Crippen LogP contribution in [-0.4, -0.2) is 24.9 Å². The van der Waals surface area contributed by atoms with Crippen LogP contribution in [0.4, 0.5) is 5.82 Å². The number of aromatic nitrogens is 5. The SMILES string of the molecule is Cc1ccc(-c2c(-c3nn(C(C)C)c4ccnc(N)c34)noc2C2CC2)nc1. The first-order valence-electron chi connectivity index (χ1n) is 9.60. The summed E-state index contributed by atoms with van der Waals surface area (Å²) >= 11 is 0. The summed E-state index contributed by atoms with van der Waals surface area (Å²) in [6.07, 6.45) is 5.79. The van der Waals surface area contributed by atoms with Gasteiger partial charge in [-0.3, -0.25) is 9.67 Å². The lowest BCUT2D eigenvalue weighted by Gasteiger charge is -2.06. The summed E-state index contributed by atoms with van der Waals surface area (Å²) in [4.78, 5) is 8.93. The number of hydrogen-bond donors (Lipinski definition) is 1. The lowest BCUT2D eigenvalue weighted by Crippen LogP contribution is -2.02. The molecule has 4 heterocycles. The van der Waals surface area contributed by atoms with Gasteiger partial charge in [-0.1, -0.05) is 11.2 Å². The van der Waals surface area contributed by atoms with E-state index in [1.807, 2.05) is 29.9 Å². The van der Waals surface area contributed by atoms with Gasteiger partial charge < -0.3 is 10.3 Å². The van der Waals surface area contributed by atoms with Gasteiger partial charge >= 0.3 is 0 Å². The second-order valence-corrected chi connectivity index (χ2v) is 7.74. The molecule has 1 saturated carbocycles. The first-order valence-corrected chi connectivity index (χ1v) is 9.60. The van der Waals surface area contributed by atoms with Crippen LogP contribution in [0.25, 0.3) is 33.5 Å². The predicted molar refractivity (Wildman–Crippen MR) is 108 cm³/mol. The quantitative estimate of drug-likeness (QED) is 0.565. The Balaban J connectivity index is 1.80. The highest BCUT2D eigenvalue weighted by molar-refractivity contribution is 6.02. The molecule has 1 aliphatic rings. The van der Waals surface area contributed by atoms with E-state index in [-0.39, 0.29) is 6.04 Å². The molecule has 1 fully saturated rings. The van der Waals surface area contributed by atoms with Gasteiger partial charge in [-0.25, -0.2) is 4.98 Å². The van der Waals surface area contributed by atoms with Crippen molar-refractivity contribution in [3.63, 3.8) is 0 Å². The Morgan fingerprint density at radius 2 is 1.96 bits per heavy atom. The Bertz CT molecular complexity index is 1170. The summed E-state index contributed by atoms with van der Waals surface area (Å²) in [7, 11) is 0. The minimum absolute atomic E-state index is 0.175. The Kier molecular flexibility index (Phi) is 3.72. The molecule has 0 saturated heterocycles. The Labute approximate surface area is 162 Å². The van der Waals surface area contributed by atoms with Gasteiger partial charge in [-0.15, -0.1) is 0 Å². The largest absolute Gasteiger partial charge is 0.383 e. The zero-order chi connectivity index (χ0) is 19.4. The van der Waals surface area contributed by atoms with E-state index >= 15 is 0 Å². The summed E-state index contributed by atoms with van der Waals surface area (Å²) in [5.74, 6) is 1.73. The van der Waals surface area contributed by atoms with Gasteiger partial charge in [-0.2, -0.15) is 5.10 Å². The average Bonchev–Trinajstić information content (AvgIpc) is 3.30. The highest BCUT2D eigenvalue weighted by Gasteiger charge is 2.35. The molecule has 0 radical (unpaired) electrons. The molecule has 0 spiro atoms. The molecule has 7 heteroatoms. The van der Waals surface area contributed by atoms with Gasteiger partial charge in [0.15, 0.2) is 0 Å². The molecule has 7 nitrogen and oxygen atoms in total. The molecule has 2 N–H and O–H groups in total. The van der Waals surface area contributed by atoms with Gasteiger partial charge in [0.25, 0.3) is 0 Å². The normalized spacial score (nSPS) is 14.3. The summed E-state index contributed by atoms with van der Waals surface area (Å²) in [5.41, 5.74) is 11.4. The third-order valence-electron chi connectivity index (χ3n) is 5.20. The van der Waals surface area contributed by atoms with Crippen molar-refractivity contribution >= 4 is 16.7 Å². The van der Waals surface area contributed by atoms with Crippen molar-refractivity contribution in [1.82, 2.24) is 24.9 Å². The monoisotopic (exact) mass is 374 g/mol. The second kappa shape index (κ2) is 6.15. The number of rotatable bonds is 4. The number of anilines is 1. The van der Waals surface area contributed by atoms with Crippen molar-refractivity contribution in [3.05, 3.63) is 41.9 Å². The number of nitrogen functional groups attached to an aromatic ring is 1. The fraction of sp³-hybridized carbons (Fsp3) is 0.333. The van der Waals surface area contributed by atoms with Gasteiger partial charge in [0.2, 0.25) is 0 Å². The Hall–Kier alpha value is -3.22. The summed E-state index contributed by atoms with van der Waals surface area (Å²) < 4.78 is 7.78. The van der Waals surface area contributed by atoms with Crippen LogP contribution in [0, 0.1) is 6.92 Å². The number of nitrogens with zero attached hydrogens (tertiary/aromatic N) is 5. The Morgan fingerprint density at radius 1 is 1.14 bits per heavy atom. The van der Waals surface area contributed by atoms with Crippen LogP contribution in [0.3, 0.4) is 0 Å². The van der Waals surface area contributed by atoms with Crippen molar-refractivity contribution in [2.24, 2.45) is 0 Å². The Morgan fingerprint density at radius 3 is 2.64 bits per heavy atom. The molecule has 4 aromatic heterocycles. The third kappa shape index (κ3) is 2.58. The van der Waals surface area contributed by atoms with Crippen molar-refractivity contribution < 1.29 is 4.52 Å². The molecule has 0 bridgehead atoms. The van der Waals surface area contributed by atoms with Crippen molar-refractivity contribution in [3.8, 4) is 22.6 Å². The first kappa shape index (κ1) is 16.9. The standard InChI is InChI=1S/C21H22N6O/c1-11(2)27-15-8-9-23-21(22)17(15)18(25-27)19-16(14-7-4-12(3)10-24-14)20(28-26-19)13-5-6-13/h4,7-11,13H,5-6H2,1-3H3,(H2,22,23). The van der Waals surface area contributed by atoms with Crippen LogP contribution in [0.2, 0.25) is 0 Å². The highest BCUT2D eigenvalue weighted by atomic mass is 16.5. The summed E-state index contributed by atoms with van der Waals surface area (Å²) in [6.45, 7) is 6.21. The molecule has 0 unspecified atom stereocenters. The molecule has 1 aliphatic carbocycles. The first-order chi connectivity index (χ1) is 13.5. The number of hydrogen-bond acceptors (Lipinski definition) is 6. The number of aryl methyl sites for hydroxylation is 1. The maximum absolute atomic E-state index is 6.26. The van der Waals surface area contributed by atoms with Gasteiger partial charge in [0.1, 0.15) is 23.0 Å². The molecule has 4 aromatic rings. The van der Waals surface area contributed by atoms with E-state index in [2.05, 4.69) is 35.0 Å². The van der Waals surface area contributed by atoms with E-state index < -0.39 is 0 Å². The van der Waals surface area contributed by atoms with E-state index in [9.17, 15) is 0 Å². The number of pyridine rings is 2. The summed E-state index contributed by atoms with van der Waals surface area (Å²) in [5, 5.41) is 10.1. The van der Waals surface area contributed by atoms with Crippen LogP contribution in [0.1, 0.15) is 50.0 Å². The molecule has 142 valence electrons. The van der Waals surface area contributed by atoms with Gasteiger partial charge in [0, 0.05) is 24.4 Å². The lowest BCUT2D eigenvalue weighted by atomic mass is 10.0. The van der Waals surface area contributed by atoms with E-state index in [4.69, 9.17) is 15.4 Å². The third-order valence-corrected chi connectivity index (χ3v) is 5.20. The van der Waals surface area contributed by atoms with E-state index in [0.717, 1.165) is 46.3 Å². The zero-order valence-electron chi connectivity index (χ0n) is 16.2.